The van der Waals surface area contributed by atoms with E-state index in [0.717, 1.165) is 19.1 Å². The van der Waals surface area contributed by atoms with Crippen LogP contribution >= 0.6 is 0 Å². The Labute approximate surface area is 153 Å². The summed E-state index contributed by atoms with van der Waals surface area (Å²) in [4.78, 5) is 23.0. The van der Waals surface area contributed by atoms with Gasteiger partial charge in [-0.25, -0.2) is 0 Å². The third-order valence-corrected chi connectivity index (χ3v) is 4.35. The number of carbonyl (C=O) groups excluding carboxylic acids is 2. The lowest BCUT2D eigenvalue weighted by atomic mass is 9.90. The standard InChI is InChI=1S/C20H39NO4/c1-17(2,15-22)13-14-25-20(7,8)12-11-18(3,4)21-16(23)9-10-19(5,6)24/h15,24H,9-14H2,1-8H3,(H,21,23). The summed E-state index contributed by atoms with van der Waals surface area (Å²) in [6.45, 7) is 15.8. The molecule has 0 bridgehead atoms. The Morgan fingerprint density at radius 2 is 1.52 bits per heavy atom. The molecule has 0 aliphatic carbocycles. The second-order valence-corrected chi connectivity index (χ2v) is 9.71. The molecule has 0 spiro atoms. The molecule has 5 nitrogen and oxygen atoms in total. The molecule has 0 radical (unpaired) electrons. The highest BCUT2D eigenvalue weighted by molar-refractivity contribution is 5.76. The molecule has 25 heavy (non-hydrogen) atoms. The fraction of sp³-hybridized carbons (Fsp3) is 0.900. The van der Waals surface area contributed by atoms with Crippen molar-refractivity contribution in [3.8, 4) is 0 Å². The van der Waals surface area contributed by atoms with Crippen molar-refractivity contribution in [2.45, 2.75) is 104 Å². The molecule has 0 atom stereocenters. The fourth-order valence-electron chi connectivity index (χ4n) is 2.26. The monoisotopic (exact) mass is 357 g/mol. The molecule has 0 aromatic heterocycles. The quantitative estimate of drug-likeness (QED) is 0.523. The van der Waals surface area contributed by atoms with Gasteiger partial charge in [0.25, 0.3) is 0 Å². The zero-order valence-corrected chi connectivity index (χ0v) is 17.5. The van der Waals surface area contributed by atoms with Crippen molar-refractivity contribution in [3.63, 3.8) is 0 Å². The van der Waals surface area contributed by atoms with Crippen LogP contribution in [0.25, 0.3) is 0 Å². The van der Waals surface area contributed by atoms with E-state index in [9.17, 15) is 14.7 Å². The average Bonchev–Trinajstić information content (AvgIpc) is 2.42. The number of nitrogens with one attached hydrogen (secondary N) is 1. The first-order valence-electron chi connectivity index (χ1n) is 9.21. The van der Waals surface area contributed by atoms with Crippen molar-refractivity contribution in [3.05, 3.63) is 0 Å². The maximum atomic E-state index is 12.1. The Balaban J connectivity index is 4.32. The van der Waals surface area contributed by atoms with E-state index < -0.39 is 5.60 Å². The highest BCUT2D eigenvalue weighted by Gasteiger charge is 2.27. The van der Waals surface area contributed by atoms with Gasteiger partial charge in [-0.2, -0.15) is 0 Å². The van der Waals surface area contributed by atoms with Crippen LogP contribution in [-0.2, 0) is 14.3 Å². The van der Waals surface area contributed by atoms with E-state index in [4.69, 9.17) is 4.74 Å². The van der Waals surface area contributed by atoms with Crippen molar-refractivity contribution in [1.82, 2.24) is 5.32 Å². The van der Waals surface area contributed by atoms with E-state index in [2.05, 4.69) is 5.32 Å². The van der Waals surface area contributed by atoms with Crippen LogP contribution in [0.5, 0.6) is 0 Å². The molecule has 1 amide bonds. The van der Waals surface area contributed by atoms with Gasteiger partial charge < -0.3 is 20.0 Å². The van der Waals surface area contributed by atoms with Crippen LogP contribution in [0.2, 0.25) is 0 Å². The van der Waals surface area contributed by atoms with E-state index in [-0.39, 0.29) is 22.5 Å². The minimum absolute atomic E-state index is 0.0430. The SMILES string of the molecule is CC(C)(O)CCC(=O)NC(C)(C)CCC(C)(C)OCCC(C)(C)C=O. The van der Waals surface area contributed by atoms with Gasteiger partial charge in [0, 0.05) is 24.0 Å². The maximum Gasteiger partial charge on any atom is 0.220 e. The number of aldehydes is 1. The topological polar surface area (TPSA) is 75.6 Å². The van der Waals surface area contributed by atoms with E-state index in [1.807, 2.05) is 41.5 Å². The van der Waals surface area contributed by atoms with Gasteiger partial charge in [0.15, 0.2) is 0 Å². The summed E-state index contributed by atoms with van der Waals surface area (Å²) in [6, 6.07) is 0. The summed E-state index contributed by atoms with van der Waals surface area (Å²) >= 11 is 0. The average molecular weight is 358 g/mol. The molecular formula is C20H39NO4. The predicted octanol–water partition coefficient (Wildman–Crippen LogP) is 3.62. The number of hydrogen-bond donors (Lipinski definition) is 2. The third-order valence-electron chi connectivity index (χ3n) is 4.35. The molecule has 0 saturated heterocycles. The molecule has 148 valence electrons. The first-order valence-corrected chi connectivity index (χ1v) is 9.21. The van der Waals surface area contributed by atoms with Gasteiger partial charge in [-0.3, -0.25) is 4.79 Å². The first kappa shape index (κ1) is 24.1. The van der Waals surface area contributed by atoms with Crippen molar-refractivity contribution in [2.24, 2.45) is 5.41 Å². The lowest BCUT2D eigenvalue weighted by molar-refractivity contribution is -0.124. The largest absolute Gasteiger partial charge is 0.390 e. The molecule has 0 aromatic carbocycles. The van der Waals surface area contributed by atoms with Gasteiger partial charge >= 0.3 is 0 Å². The van der Waals surface area contributed by atoms with Crippen LogP contribution in [0.15, 0.2) is 0 Å². The Kier molecular flexibility index (Phi) is 8.79. The van der Waals surface area contributed by atoms with Crippen LogP contribution < -0.4 is 5.32 Å². The smallest absolute Gasteiger partial charge is 0.220 e. The number of amides is 1. The Morgan fingerprint density at radius 1 is 0.960 bits per heavy atom. The molecule has 0 heterocycles. The van der Waals surface area contributed by atoms with E-state index in [0.29, 0.717) is 25.9 Å². The Bertz CT molecular complexity index is 433. The number of carbonyl (C=O) groups is 2. The zero-order chi connectivity index (χ0) is 19.9. The predicted molar refractivity (Wildman–Crippen MR) is 101 cm³/mol. The summed E-state index contributed by atoms with van der Waals surface area (Å²) in [7, 11) is 0. The third kappa shape index (κ3) is 13.0. The van der Waals surface area contributed by atoms with Gasteiger partial charge in [-0.15, -0.1) is 0 Å². The fourth-order valence-corrected chi connectivity index (χ4v) is 2.26. The number of hydrogen-bond acceptors (Lipinski definition) is 4. The Morgan fingerprint density at radius 3 is 2.00 bits per heavy atom. The summed E-state index contributed by atoms with van der Waals surface area (Å²) in [5.41, 5.74) is -1.83. The molecule has 0 unspecified atom stereocenters. The minimum Gasteiger partial charge on any atom is -0.390 e. The van der Waals surface area contributed by atoms with E-state index in [1.54, 1.807) is 13.8 Å². The minimum atomic E-state index is -0.827. The normalized spacial score (nSPS) is 13.6. The molecule has 5 heteroatoms. The van der Waals surface area contributed by atoms with Gasteiger partial charge in [0.1, 0.15) is 6.29 Å². The van der Waals surface area contributed by atoms with Gasteiger partial charge in [-0.1, -0.05) is 13.8 Å². The lowest BCUT2D eigenvalue weighted by Gasteiger charge is -2.33. The van der Waals surface area contributed by atoms with Gasteiger partial charge in [-0.05, 0) is 67.2 Å². The summed E-state index contributed by atoms with van der Waals surface area (Å²) in [6.07, 6.45) is 3.99. The highest BCUT2D eigenvalue weighted by atomic mass is 16.5. The molecule has 0 aliphatic rings. The second-order valence-electron chi connectivity index (χ2n) is 9.71. The summed E-state index contributed by atoms with van der Waals surface area (Å²) in [5, 5.41) is 12.8. The molecule has 0 aromatic rings. The molecular weight excluding hydrogens is 318 g/mol. The second kappa shape index (κ2) is 9.13. The van der Waals surface area contributed by atoms with Crippen LogP contribution in [-0.4, -0.2) is 40.6 Å². The van der Waals surface area contributed by atoms with E-state index in [1.165, 1.54) is 0 Å². The summed E-state index contributed by atoms with van der Waals surface area (Å²) in [5.74, 6) is -0.0430. The van der Waals surface area contributed by atoms with Crippen molar-refractivity contribution < 1.29 is 19.4 Å². The van der Waals surface area contributed by atoms with Crippen molar-refractivity contribution in [1.29, 1.82) is 0 Å². The summed E-state index contributed by atoms with van der Waals surface area (Å²) < 4.78 is 5.96. The zero-order valence-electron chi connectivity index (χ0n) is 17.5. The highest BCUT2D eigenvalue weighted by Crippen LogP contribution is 2.25. The van der Waals surface area contributed by atoms with Crippen LogP contribution in [0, 0.1) is 5.41 Å². The van der Waals surface area contributed by atoms with Crippen LogP contribution in [0.1, 0.15) is 87.5 Å². The number of rotatable bonds is 12. The molecule has 0 aliphatic heterocycles. The van der Waals surface area contributed by atoms with E-state index >= 15 is 0 Å². The first-order chi connectivity index (χ1) is 11.1. The molecule has 0 rings (SSSR count). The van der Waals surface area contributed by atoms with Gasteiger partial charge in [0.2, 0.25) is 5.91 Å². The van der Waals surface area contributed by atoms with Crippen molar-refractivity contribution in [2.75, 3.05) is 6.61 Å². The Hall–Kier alpha value is -0.940. The lowest BCUT2D eigenvalue weighted by Crippen LogP contribution is -2.45. The number of ether oxygens (including phenoxy) is 1. The molecule has 0 saturated carbocycles. The van der Waals surface area contributed by atoms with Crippen LogP contribution in [0.4, 0.5) is 0 Å². The molecule has 2 N–H and O–H groups in total. The van der Waals surface area contributed by atoms with Crippen molar-refractivity contribution >= 4 is 12.2 Å². The molecule has 0 fully saturated rings. The van der Waals surface area contributed by atoms with Gasteiger partial charge in [0.05, 0.1) is 11.2 Å². The maximum absolute atomic E-state index is 12.1. The number of aliphatic hydroxyl groups is 1. The van der Waals surface area contributed by atoms with Crippen LogP contribution in [0.3, 0.4) is 0 Å².